The molecule has 0 spiro atoms. The van der Waals surface area contributed by atoms with Gasteiger partial charge in [0.15, 0.2) is 0 Å². The number of rotatable bonds is 3. The van der Waals surface area contributed by atoms with Crippen LogP contribution in [0, 0.1) is 0 Å². The number of aromatic hydroxyl groups is 1. The van der Waals surface area contributed by atoms with Crippen LogP contribution < -0.4 is 5.43 Å². The van der Waals surface area contributed by atoms with Gasteiger partial charge in [0.1, 0.15) is 11.3 Å². The number of nitrogens with one attached hydrogen (secondary N) is 1. The minimum absolute atomic E-state index is 0.0370. The van der Waals surface area contributed by atoms with Gasteiger partial charge in [0.05, 0.1) is 23.0 Å². The number of fused-ring (bicyclic) bond motifs is 1. The molecular weight excluding hydrogens is 374 g/mol. The summed E-state index contributed by atoms with van der Waals surface area (Å²) in [5.74, 6) is 0.180. The third-order valence-corrected chi connectivity index (χ3v) is 5.15. The molecule has 6 nitrogen and oxygen atoms in total. The molecule has 5 rings (SSSR count). The Morgan fingerprint density at radius 1 is 1.04 bits per heavy atom. The molecule has 0 fully saturated rings. The highest BCUT2D eigenvalue weighted by atomic mass is 35.5. The summed E-state index contributed by atoms with van der Waals surface area (Å²) in [5.41, 5.74) is 8.49. The molecule has 0 bridgehead atoms. The van der Waals surface area contributed by atoms with E-state index in [1.165, 1.54) is 0 Å². The van der Waals surface area contributed by atoms with Crippen LogP contribution in [0.3, 0.4) is 0 Å². The van der Waals surface area contributed by atoms with E-state index in [-0.39, 0.29) is 11.8 Å². The standard InChI is InChI=1S/C21H16ClN5O/c22-14-7-10-21(28)16(11-14)19-12-18(23-24-19)13-5-8-15(9-6-13)27-20-4-2-1-3-17(20)25-26-27/h1-11,18,23,28H,12H2. The van der Waals surface area contributed by atoms with Crippen molar-refractivity contribution in [3.05, 3.63) is 82.9 Å². The van der Waals surface area contributed by atoms with Crippen LogP contribution in [0.2, 0.25) is 5.02 Å². The van der Waals surface area contributed by atoms with E-state index < -0.39 is 0 Å². The molecule has 0 radical (unpaired) electrons. The van der Waals surface area contributed by atoms with Gasteiger partial charge in [0.2, 0.25) is 0 Å². The molecule has 1 aliphatic rings. The number of phenolic OH excluding ortho intramolecular Hbond substituents is 1. The maximum atomic E-state index is 10.1. The summed E-state index contributed by atoms with van der Waals surface area (Å²) in [6, 6.07) is 21.0. The number of nitrogens with zero attached hydrogens (tertiary/aromatic N) is 4. The number of phenols is 1. The molecule has 3 aromatic carbocycles. The van der Waals surface area contributed by atoms with E-state index in [2.05, 4.69) is 33.0 Å². The first kappa shape index (κ1) is 16.8. The van der Waals surface area contributed by atoms with Gasteiger partial charge in [-0.15, -0.1) is 5.10 Å². The van der Waals surface area contributed by atoms with Gasteiger partial charge in [-0.2, -0.15) is 5.10 Å². The van der Waals surface area contributed by atoms with E-state index in [4.69, 9.17) is 11.6 Å². The van der Waals surface area contributed by atoms with Gasteiger partial charge in [0.25, 0.3) is 0 Å². The summed E-state index contributed by atoms with van der Waals surface area (Å²) in [7, 11) is 0. The zero-order valence-corrected chi connectivity index (χ0v) is 15.5. The molecule has 0 saturated heterocycles. The first-order valence-electron chi connectivity index (χ1n) is 8.91. The summed E-state index contributed by atoms with van der Waals surface area (Å²) >= 11 is 6.06. The topological polar surface area (TPSA) is 75.3 Å². The van der Waals surface area contributed by atoms with Crippen molar-refractivity contribution in [1.29, 1.82) is 0 Å². The second kappa shape index (κ2) is 6.65. The molecule has 1 aromatic heterocycles. The van der Waals surface area contributed by atoms with Crippen LogP contribution in [-0.4, -0.2) is 25.8 Å². The van der Waals surface area contributed by atoms with Gasteiger partial charge in [0, 0.05) is 17.0 Å². The Morgan fingerprint density at radius 2 is 1.86 bits per heavy atom. The van der Waals surface area contributed by atoms with E-state index >= 15 is 0 Å². The molecule has 1 aliphatic heterocycles. The van der Waals surface area contributed by atoms with Gasteiger partial charge in [-0.3, -0.25) is 0 Å². The summed E-state index contributed by atoms with van der Waals surface area (Å²) in [6.07, 6.45) is 0.666. The average Bonchev–Trinajstić information content (AvgIpc) is 3.37. The van der Waals surface area contributed by atoms with Crippen LogP contribution >= 0.6 is 11.6 Å². The molecule has 2 heterocycles. The van der Waals surface area contributed by atoms with Gasteiger partial charge in [-0.25, -0.2) is 4.68 Å². The third kappa shape index (κ3) is 2.88. The number of aromatic nitrogens is 3. The lowest BCUT2D eigenvalue weighted by Gasteiger charge is -2.11. The van der Waals surface area contributed by atoms with Crippen molar-refractivity contribution >= 4 is 28.3 Å². The highest BCUT2D eigenvalue weighted by molar-refractivity contribution is 6.31. The summed E-state index contributed by atoms with van der Waals surface area (Å²) in [4.78, 5) is 0. The molecule has 0 aliphatic carbocycles. The molecule has 0 amide bonds. The van der Waals surface area contributed by atoms with Crippen molar-refractivity contribution < 1.29 is 5.11 Å². The van der Waals surface area contributed by atoms with Crippen molar-refractivity contribution in [2.24, 2.45) is 5.10 Å². The van der Waals surface area contributed by atoms with E-state index in [1.54, 1.807) is 18.2 Å². The summed E-state index contributed by atoms with van der Waals surface area (Å²) in [5, 5.41) is 23.5. The second-order valence-electron chi connectivity index (χ2n) is 6.69. The Hall–Kier alpha value is -3.38. The van der Waals surface area contributed by atoms with Gasteiger partial charge in [-0.1, -0.05) is 41.1 Å². The fraction of sp³-hybridized carbons (Fsp3) is 0.0952. The Morgan fingerprint density at radius 3 is 2.71 bits per heavy atom. The predicted molar refractivity (Wildman–Crippen MR) is 109 cm³/mol. The monoisotopic (exact) mass is 389 g/mol. The molecule has 1 atom stereocenters. The first-order valence-corrected chi connectivity index (χ1v) is 9.28. The fourth-order valence-electron chi connectivity index (χ4n) is 3.45. The van der Waals surface area contributed by atoms with Gasteiger partial charge >= 0.3 is 0 Å². The maximum absolute atomic E-state index is 10.1. The Balaban J connectivity index is 1.38. The van der Waals surface area contributed by atoms with Gasteiger partial charge < -0.3 is 10.5 Å². The third-order valence-electron chi connectivity index (χ3n) is 4.91. The van der Waals surface area contributed by atoms with Crippen LogP contribution in [0.25, 0.3) is 16.7 Å². The van der Waals surface area contributed by atoms with Crippen LogP contribution in [0.5, 0.6) is 5.75 Å². The van der Waals surface area contributed by atoms with E-state index in [0.29, 0.717) is 17.0 Å². The van der Waals surface area contributed by atoms with Crippen LogP contribution in [-0.2, 0) is 0 Å². The van der Waals surface area contributed by atoms with Crippen molar-refractivity contribution in [3.8, 4) is 11.4 Å². The first-order chi connectivity index (χ1) is 13.7. The maximum Gasteiger partial charge on any atom is 0.124 e. The predicted octanol–water partition coefficient (Wildman–Crippen LogP) is 4.22. The Bertz CT molecular complexity index is 1200. The molecule has 28 heavy (non-hydrogen) atoms. The number of hydrazone groups is 1. The van der Waals surface area contributed by atoms with Crippen LogP contribution in [0.1, 0.15) is 23.6 Å². The highest BCUT2D eigenvalue weighted by Gasteiger charge is 2.23. The minimum Gasteiger partial charge on any atom is -0.507 e. The second-order valence-corrected chi connectivity index (χ2v) is 7.12. The lowest BCUT2D eigenvalue weighted by molar-refractivity contribution is 0.474. The summed E-state index contributed by atoms with van der Waals surface area (Å²) in [6.45, 7) is 0. The fourth-order valence-corrected chi connectivity index (χ4v) is 3.62. The zero-order valence-electron chi connectivity index (χ0n) is 14.7. The van der Waals surface area contributed by atoms with Crippen LogP contribution in [0.4, 0.5) is 0 Å². The van der Waals surface area contributed by atoms with Crippen LogP contribution in [0.15, 0.2) is 71.8 Å². The molecule has 0 saturated carbocycles. The van der Waals surface area contributed by atoms with Crippen molar-refractivity contribution in [1.82, 2.24) is 20.4 Å². The average molecular weight is 390 g/mol. The van der Waals surface area contributed by atoms with Crippen molar-refractivity contribution in [3.63, 3.8) is 0 Å². The normalized spacial score (nSPS) is 16.2. The van der Waals surface area contributed by atoms with E-state index in [9.17, 15) is 5.11 Å². The number of benzene rings is 3. The van der Waals surface area contributed by atoms with E-state index in [1.807, 2.05) is 41.1 Å². The minimum atomic E-state index is 0.0370. The van der Waals surface area contributed by atoms with Crippen molar-refractivity contribution in [2.45, 2.75) is 12.5 Å². The highest BCUT2D eigenvalue weighted by Crippen LogP contribution is 2.30. The van der Waals surface area contributed by atoms with Crippen molar-refractivity contribution in [2.75, 3.05) is 0 Å². The number of para-hydroxylation sites is 1. The smallest absolute Gasteiger partial charge is 0.124 e. The lowest BCUT2D eigenvalue weighted by Crippen LogP contribution is -2.10. The quantitative estimate of drug-likeness (QED) is 0.550. The molecule has 4 aromatic rings. The lowest BCUT2D eigenvalue weighted by atomic mass is 9.98. The number of halogens is 1. The molecule has 7 heteroatoms. The Labute approximate surface area is 166 Å². The SMILES string of the molecule is Oc1ccc(Cl)cc1C1=NNC(c2ccc(-n3nnc4ccccc43)cc2)C1. The molecule has 1 unspecified atom stereocenters. The summed E-state index contributed by atoms with van der Waals surface area (Å²) < 4.78 is 1.83. The molecule has 2 N–H and O–H groups in total. The number of hydrogen-bond donors (Lipinski definition) is 2. The Kier molecular flexibility index (Phi) is 3.98. The molecule has 138 valence electrons. The van der Waals surface area contributed by atoms with E-state index in [0.717, 1.165) is 28.0 Å². The van der Waals surface area contributed by atoms with Gasteiger partial charge in [-0.05, 0) is 48.0 Å². The zero-order chi connectivity index (χ0) is 19.1. The number of hydrogen-bond acceptors (Lipinski definition) is 5. The largest absolute Gasteiger partial charge is 0.507 e. The molecular formula is C21H16ClN5O.